The molecule has 5 nitrogen and oxygen atoms in total. The quantitative estimate of drug-likeness (QED) is 0.814. The Hall–Kier alpha value is -2.17. The molecule has 5 heteroatoms. The molecule has 1 aliphatic carbocycles. The molecule has 2 heterocycles. The normalized spacial score (nSPS) is 31.3. The summed E-state index contributed by atoms with van der Waals surface area (Å²) in [7, 11) is 0. The average Bonchev–Trinajstić information content (AvgIpc) is 3.10. The summed E-state index contributed by atoms with van der Waals surface area (Å²) in [6.45, 7) is 6.10. The maximum atomic E-state index is 12.3. The molecule has 1 unspecified atom stereocenters. The van der Waals surface area contributed by atoms with Gasteiger partial charge in [-0.3, -0.25) is 4.79 Å². The fourth-order valence-electron chi connectivity index (χ4n) is 3.99. The number of rotatable bonds is 3. The summed E-state index contributed by atoms with van der Waals surface area (Å²) in [5, 5.41) is 4.10. The molecule has 23 heavy (non-hydrogen) atoms. The molecule has 0 N–H and O–H groups in total. The number of nitrogens with zero attached hydrogens (tertiary/aromatic N) is 2. The van der Waals surface area contributed by atoms with Crippen molar-refractivity contribution >= 4 is 5.97 Å². The summed E-state index contributed by atoms with van der Waals surface area (Å²) in [4.78, 5) is 16.9. The number of benzene rings is 1. The number of hydrogen-bond donors (Lipinski definition) is 0. The van der Waals surface area contributed by atoms with E-state index in [1.807, 2.05) is 37.3 Å². The van der Waals surface area contributed by atoms with E-state index in [0.29, 0.717) is 18.1 Å². The van der Waals surface area contributed by atoms with Crippen LogP contribution in [0.1, 0.15) is 50.9 Å². The first-order chi connectivity index (χ1) is 10.9. The summed E-state index contributed by atoms with van der Waals surface area (Å²) in [5.74, 6) is 0.896. The maximum absolute atomic E-state index is 12.3. The minimum Gasteiger partial charge on any atom is -0.448 e. The van der Waals surface area contributed by atoms with Crippen molar-refractivity contribution in [3.05, 3.63) is 47.6 Å². The summed E-state index contributed by atoms with van der Waals surface area (Å²) in [6, 6.07) is 10.0. The molecule has 4 rings (SSSR count). The second-order valence-electron chi connectivity index (χ2n) is 7.35. The van der Waals surface area contributed by atoms with Crippen molar-refractivity contribution in [2.75, 3.05) is 0 Å². The third-order valence-corrected chi connectivity index (χ3v) is 6.10. The lowest BCUT2D eigenvalue weighted by Gasteiger charge is -2.33. The van der Waals surface area contributed by atoms with E-state index in [2.05, 4.69) is 24.0 Å². The van der Waals surface area contributed by atoms with Crippen LogP contribution < -0.4 is 0 Å². The Kier molecular flexibility index (Phi) is 2.78. The molecule has 2 aliphatic rings. The number of carbonyl (C=O) groups excluding carboxylic acids is 1. The van der Waals surface area contributed by atoms with Crippen molar-refractivity contribution in [3.8, 4) is 0 Å². The molecule has 0 radical (unpaired) electrons. The van der Waals surface area contributed by atoms with Crippen molar-refractivity contribution < 1.29 is 14.1 Å². The van der Waals surface area contributed by atoms with Crippen molar-refractivity contribution in [2.24, 2.45) is 10.8 Å². The van der Waals surface area contributed by atoms with Crippen LogP contribution in [-0.2, 0) is 21.6 Å². The molecular weight excluding hydrogens is 292 g/mol. The third-order valence-electron chi connectivity index (χ3n) is 6.10. The molecule has 2 bridgehead atoms. The zero-order chi connectivity index (χ0) is 16.3. The van der Waals surface area contributed by atoms with Crippen LogP contribution >= 0.6 is 0 Å². The molecule has 2 atom stereocenters. The molecule has 1 aliphatic heterocycles. The lowest BCUT2D eigenvalue weighted by atomic mass is 9.66. The van der Waals surface area contributed by atoms with E-state index in [-0.39, 0.29) is 11.4 Å². The molecule has 2 fully saturated rings. The second kappa shape index (κ2) is 4.43. The standard InChI is InChI=1S/C18H20N2O3/c1-16(2)17(3)9-10-18(16,22-15(17)21)14-19-13(20-23-14)11-12-7-5-4-6-8-12/h4-8H,9-11H2,1-3H3/t17-,18?/m0/s1. The van der Waals surface area contributed by atoms with Crippen LogP contribution in [0.2, 0.25) is 0 Å². The molecule has 2 aromatic rings. The molecule has 0 amide bonds. The molecule has 0 spiro atoms. The molecule has 1 saturated heterocycles. The predicted molar refractivity (Wildman–Crippen MR) is 82.4 cm³/mol. The van der Waals surface area contributed by atoms with E-state index in [0.717, 1.165) is 18.4 Å². The van der Waals surface area contributed by atoms with Crippen LogP contribution in [0.4, 0.5) is 0 Å². The monoisotopic (exact) mass is 312 g/mol. The Morgan fingerprint density at radius 1 is 1.13 bits per heavy atom. The molecule has 1 aromatic carbocycles. The highest BCUT2D eigenvalue weighted by Crippen LogP contribution is 2.69. The van der Waals surface area contributed by atoms with Gasteiger partial charge in [0.2, 0.25) is 0 Å². The van der Waals surface area contributed by atoms with E-state index in [4.69, 9.17) is 9.26 Å². The van der Waals surface area contributed by atoms with Gasteiger partial charge in [0.15, 0.2) is 11.4 Å². The number of hydrogen-bond acceptors (Lipinski definition) is 5. The summed E-state index contributed by atoms with van der Waals surface area (Å²) >= 11 is 0. The van der Waals surface area contributed by atoms with Gasteiger partial charge in [0.1, 0.15) is 0 Å². The van der Waals surface area contributed by atoms with Crippen LogP contribution in [0.15, 0.2) is 34.9 Å². The van der Waals surface area contributed by atoms with Gasteiger partial charge in [-0.1, -0.05) is 49.3 Å². The molecule has 1 aromatic heterocycles. The highest BCUT2D eigenvalue weighted by atomic mass is 16.6. The third kappa shape index (κ3) is 1.70. The first-order valence-electron chi connectivity index (χ1n) is 7.99. The van der Waals surface area contributed by atoms with E-state index >= 15 is 0 Å². The van der Waals surface area contributed by atoms with Crippen molar-refractivity contribution in [1.29, 1.82) is 0 Å². The highest BCUT2D eigenvalue weighted by molar-refractivity contribution is 5.82. The summed E-state index contributed by atoms with van der Waals surface area (Å²) < 4.78 is 11.3. The lowest BCUT2D eigenvalue weighted by molar-refractivity contribution is -0.163. The SMILES string of the molecule is CC1(C)C2(c3nc(Cc4ccccc4)no3)CC[C@@]1(C)C(=O)O2. The smallest absolute Gasteiger partial charge is 0.313 e. The summed E-state index contributed by atoms with van der Waals surface area (Å²) in [5.41, 5.74) is -0.522. The van der Waals surface area contributed by atoms with Crippen LogP contribution in [0.25, 0.3) is 0 Å². The second-order valence-corrected chi connectivity index (χ2v) is 7.35. The Labute approximate surface area is 135 Å². The Bertz CT molecular complexity index is 768. The number of aromatic nitrogens is 2. The average molecular weight is 312 g/mol. The minimum absolute atomic E-state index is 0.156. The highest BCUT2D eigenvalue weighted by Gasteiger charge is 2.75. The van der Waals surface area contributed by atoms with Crippen molar-refractivity contribution in [2.45, 2.75) is 45.6 Å². The van der Waals surface area contributed by atoms with Gasteiger partial charge in [0, 0.05) is 11.8 Å². The van der Waals surface area contributed by atoms with Gasteiger partial charge in [-0.2, -0.15) is 4.98 Å². The fraction of sp³-hybridized carbons (Fsp3) is 0.500. The fourth-order valence-corrected chi connectivity index (χ4v) is 3.99. The molecule has 120 valence electrons. The van der Waals surface area contributed by atoms with E-state index in [1.54, 1.807) is 0 Å². The Morgan fingerprint density at radius 2 is 1.87 bits per heavy atom. The molecular formula is C18H20N2O3. The number of esters is 1. The van der Waals surface area contributed by atoms with E-state index in [9.17, 15) is 4.79 Å². The predicted octanol–water partition coefficient (Wildman–Crippen LogP) is 3.24. The zero-order valence-electron chi connectivity index (χ0n) is 13.6. The van der Waals surface area contributed by atoms with Gasteiger partial charge in [0.25, 0.3) is 5.89 Å². The Balaban J connectivity index is 1.69. The first-order valence-corrected chi connectivity index (χ1v) is 7.99. The van der Waals surface area contributed by atoms with Gasteiger partial charge >= 0.3 is 5.97 Å². The van der Waals surface area contributed by atoms with Crippen molar-refractivity contribution in [1.82, 2.24) is 10.1 Å². The van der Waals surface area contributed by atoms with Gasteiger partial charge in [0.05, 0.1) is 5.41 Å². The van der Waals surface area contributed by atoms with Crippen LogP contribution in [0.5, 0.6) is 0 Å². The largest absolute Gasteiger partial charge is 0.448 e. The van der Waals surface area contributed by atoms with E-state index in [1.165, 1.54) is 0 Å². The maximum Gasteiger partial charge on any atom is 0.313 e. The topological polar surface area (TPSA) is 65.2 Å². The van der Waals surface area contributed by atoms with Gasteiger partial charge in [-0.25, -0.2) is 0 Å². The number of ether oxygens (including phenoxy) is 1. The molecule has 1 saturated carbocycles. The van der Waals surface area contributed by atoms with Gasteiger partial charge < -0.3 is 9.26 Å². The lowest BCUT2D eigenvalue weighted by Crippen LogP contribution is -2.39. The number of fused-ring (bicyclic) bond motifs is 2. The zero-order valence-corrected chi connectivity index (χ0v) is 13.6. The van der Waals surface area contributed by atoms with Crippen LogP contribution in [0, 0.1) is 10.8 Å². The van der Waals surface area contributed by atoms with Crippen LogP contribution in [-0.4, -0.2) is 16.1 Å². The minimum atomic E-state index is -0.791. The van der Waals surface area contributed by atoms with Gasteiger partial charge in [-0.05, 0) is 25.3 Å². The number of carbonyl (C=O) groups is 1. The Morgan fingerprint density at radius 3 is 2.48 bits per heavy atom. The first kappa shape index (κ1) is 14.4. The van der Waals surface area contributed by atoms with Gasteiger partial charge in [-0.15, -0.1) is 0 Å². The van der Waals surface area contributed by atoms with Crippen molar-refractivity contribution in [3.63, 3.8) is 0 Å². The van der Waals surface area contributed by atoms with E-state index < -0.39 is 11.0 Å². The van der Waals surface area contributed by atoms with Crippen LogP contribution in [0.3, 0.4) is 0 Å². The summed E-state index contributed by atoms with van der Waals surface area (Å²) in [6.07, 6.45) is 2.12.